The molecule has 1 aliphatic carbocycles. The average Bonchev–Trinajstić information content (AvgIpc) is 3.01. The van der Waals surface area contributed by atoms with Crippen LogP contribution >= 0.6 is 0 Å². The number of amides is 1. The van der Waals surface area contributed by atoms with E-state index in [-0.39, 0.29) is 16.7 Å². The van der Waals surface area contributed by atoms with Crippen molar-refractivity contribution in [2.45, 2.75) is 53.0 Å². The number of carbonyl (C=O) groups excluding carboxylic acids is 1. The van der Waals surface area contributed by atoms with Crippen LogP contribution in [0.3, 0.4) is 0 Å². The lowest BCUT2D eigenvalue weighted by molar-refractivity contribution is 0.0710. The summed E-state index contributed by atoms with van der Waals surface area (Å²) in [5, 5.41) is 0.938. The van der Waals surface area contributed by atoms with E-state index in [9.17, 15) is 4.79 Å². The highest BCUT2D eigenvalue weighted by molar-refractivity contribution is 6.07. The second-order valence-electron chi connectivity index (χ2n) is 11.0. The molecule has 166 valence electrons. The van der Waals surface area contributed by atoms with Gasteiger partial charge in [0.15, 0.2) is 0 Å². The first kappa shape index (κ1) is 21.0. The molecule has 0 N–H and O–H groups in total. The molecular weight excluding hydrogens is 396 g/mol. The number of rotatable bonds is 3. The van der Waals surface area contributed by atoms with Gasteiger partial charge in [-0.05, 0) is 67.3 Å². The third-order valence-electron chi connectivity index (χ3n) is 7.24. The Balaban J connectivity index is 1.62. The minimum atomic E-state index is 0.138. The average molecular weight is 429 g/mol. The number of pyridine rings is 1. The summed E-state index contributed by atoms with van der Waals surface area (Å²) in [6, 6.07) is 16.4. The van der Waals surface area contributed by atoms with Gasteiger partial charge in [-0.25, -0.2) is 4.98 Å². The van der Waals surface area contributed by atoms with Gasteiger partial charge in [0.1, 0.15) is 5.75 Å². The van der Waals surface area contributed by atoms with Gasteiger partial charge in [-0.15, -0.1) is 0 Å². The molecule has 1 saturated heterocycles. The Labute approximate surface area is 190 Å². The summed E-state index contributed by atoms with van der Waals surface area (Å²) >= 11 is 0. The summed E-state index contributed by atoms with van der Waals surface area (Å²) in [4.78, 5) is 21.1. The number of likely N-dealkylation sites (tertiary alicyclic amines) is 1. The Kier molecular flexibility index (Phi) is 4.81. The molecule has 0 radical (unpaired) electrons. The molecule has 4 heteroatoms. The fraction of sp³-hybridized carbons (Fsp3) is 0.429. The lowest BCUT2D eigenvalue weighted by Gasteiger charge is -2.39. The van der Waals surface area contributed by atoms with Crippen molar-refractivity contribution >= 4 is 16.8 Å². The molecule has 32 heavy (non-hydrogen) atoms. The molecule has 1 amide bonds. The second-order valence-corrected chi connectivity index (χ2v) is 11.0. The quantitative estimate of drug-likeness (QED) is 0.494. The van der Waals surface area contributed by atoms with Crippen LogP contribution in [0.2, 0.25) is 0 Å². The summed E-state index contributed by atoms with van der Waals surface area (Å²) in [6.07, 6.45) is 3.34. The highest BCUT2D eigenvalue weighted by Gasteiger charge is 2.51. The largest absolute Gasteiger partial charge is 0.497 e. The normalized spacial score (nSPS) is 24.0. The van der Waals surface area contributed by atoms with Crippen LogP contribution in [0.4, 0.5) is 0 Å². The zero-order valence-corrected chi connectivity index (χ0v) is 19.7. The molecule has 4 nitrogen and oxygen atoms in total. The van der Waals surface area contributed by atoms with Gasteiger partial charge < -0.3 is 9.64 Å². The van der Waals surface area contributed by atoms with E-state index in [0.29, 0.717) is 6.04 Å². The van der Waals surface area contributed by atoms with Crippen molar-refractivity contribution in [3.63, 3.8) is 0 Å². The molecule has 2 bridgehead atoms. The maximum absolute atomic E-state index is 14.0. The fourth-order valence-electron chi connectivity index (χ4n) is 6.30. The summed E-state index contributed by atoms with van der Waals surface area (Å²) < 4.78 is 5.41. The highest BCUT2D eigenvalue weighted by Crippen LogP contribution is 2.52. The highest BCUT2D eigenvalue weighted by atomic mass is 16.5. The van der Waals surface area contributed by atoms with Crippen LogP contribution in [-0.4, -0.2) is 35.5 Å². The van der Waals surface area contributed by atoms with Crippen molar-refractivity contribution in [3.05, 3.63) is 59.7 Å². The summed E-state index contributed by atoms with van der Waals surface area (Å²) in [7, 11) is 1.66. The zero-order chi connectivity index (χ0) is 22.7. The van der Waals surface area contributed by atoms with Crippen LogP contribution in [0.5, 0.6) is 5.75 Å². The molecule has 5 rings (SSSR count). The lowest BCUT2D eigenvalue weighted by Crippen LogP contribution is -2.37. The summed E-state index contributed by atoms with van der Waals surface area (Å²) in [5.41, 5.74) is 4.98. The second kappa shape index (κ2) is 7.33. The Bertz CT molecular complexity index is 1220. The van der Waals surface area contributed by atoms with Crippen LogP contribution in [0.1, 0.15) is 56.0 Å². The van der Waals surface area contributed by atoms with Gasteiger partial charge in [0, 0.05) is 23.5 Å². The van der Waals surface area contributed by atoms with Gasteiger partial charge in [-0.1, -0.05) is 44.5 Å². The Morgan fingerprint density at radius 2 is 1.91 bits per heavy atom. The SMILES string of the molecule is COc1cccc(-c2cc(C(=O)N3CC4(C)CC3CC(C)(C)C4)c3cc(C)ccc3n2)c1. The maximum atomic E-state index is 14.0. The Morgan fingerprint density at radius 1 is 1.09 bits per heavy atom. The number of methoxy groups -OCH3 is 1. The van der Waals surface area contributed by atoms with Gasteiger partial charge in [-0.3, -0.25) is 4.79 Å². The lowest BCUT2D eigenvalue weighted by atomic mass is 9.65. The van der Waals surface area contributed by atoms with E-state index in [1.54, 1.807) is 7.11 Å². The third-order valence-corrected chi connectivity index (χ3v) is 7.24. The van der Waals surface area contributed by atoms with Gasteiger partial charge in [0.25, 0.3) is 5.91 Å². The zero-order valence-electron chi connectivity index (χ0n) is 19.7. The molecule has 2 unspecified atom stereocenters. The van der Waals surface area contributed by atoms with Crippen LogP contribution in [-0.2, 0) is 0 Å². The molecule has 3 aromatic rings. The van der Waals surface area contributed by atoms with Gasteiger partial charge in [0.05, 0.1) is 23.9 Å². The number of ether oxygens (including phenoxy) is 1. The van der Waals surface area contributed by atoms with Crippen molar-refractivity contribution < 1.29 is 9.53 Å². The van der Waals surface area contributed by atoms with Gasteiger partial charge in [-0.2, -0.15) is 0 Å². The van der Waals surface area contributed by atoms with Crippen molar-refractivity contribution in [2.24, 2.45) is 10.8 Å². The minimum absolute atomic E-state index is 0.138. The summed E-state index contributed by atoms with van der Waals surface area (Å²) in [5.74, 6) is 0.920. The number of hydrogen-bond donors (Lipinski definition) is 0. The van der Waals surface area contributed by atoms with E-state index >= 15 is 0 Å². The molecule has 2 aromatic carbocycles. The molecule has 1 saturated carbocycles. The van der Waals surface area contributed by atoms with Gasteiger partial charge in [0.2, 0.25) is 0 Å². The predicted octanol–water partition coefficient (Wildman–Crippen LogP) is 6.26. The smallest absolute Gasteiger partial charge is 0.254 e. The van der Waals surface area contributed by atoms with E-state index in [1.165, 1.54) is 6.42 Å². The number of hydrogen-bond acceptors (Lipinski definition) is 3. The monoisotopic (exact) mass is 428 g/mol. The Morgan fingerprint density at radius 3 is 2.69 bits per heavy atom. The number of nitrogens with zero attached hydrogens (tertiary/aromatic N) is 2. The van der Waals surface area contributed by atoms with Crippen LogP contribution < -0.4 is 4.74 Å². The molecule has 0 spiro atoms. The molecule has 2 fully saturated rings. The van der Waals surface area contributed by atoms with Crippen molar-refractivity contribution in [3.8, 4) is 17.0 Å². The number of aryl methyl sites for hydroxylation is 1. The Hall–Kier alpha value is -2.88. The number of benzene rings is 2. The minimum Gasteiger partial charge on any atom is -0.497 e. The van der Waals surface area contributed by atoms with Crippen LogP contribution in [0, 0.1) is 17.8 Å². The van der Waals surface area contributed by atoms with E-state index in [2.05, 4.69) is 44.7 Å². The van der Waals surface area contributed by atoms with E-state index < -0.39 is 0 Å². The molecule has 1 aromatic heterocycles. The van der Waals surface area contributed by atoms with Crippen LogP contribution in [0.15, 0.2) is 48.5 Å². The van der Waals surface area contributed by atoms with E-state index in [0.717, 1.165) is 58.4 Å². The van der Waals surface area contributed by atoms with Crippen LogP contribution in [0.25, 0.3) is 22.2 Å². The van der Waals surface area contributed by atoms with E-state index in [1.807, 2.05) is 36.4 Å². The summed E-state index contributed by atoms with van der Waals surface area (Å²) in [6.45, 7) is 9.94. The first-order valence-electron chi connectivity index (χ1n) is 11.5. The standard InChI is InChI=1S/C28H32N2O2/c1-18-9-10-24-22(11-18)23(13-25(29-24)19-7-6-8-21(12-19)32-5)26(31)30-17-28(4)15-20(30)14-27(2,3)16-28/h6-13,20H,14-17H2,1-5H3. The maximum Gasteiger partial charge on any atom is 0.254 e. The number of fused-ring (bicyclic) bond motifs is 3. The number of carbonyl (C=O) groups is 1. The molecule has 2 aliphatic rings. The van der Waals surface area contributed by atoms with Crippen molar-refractivity contribution in [2.75, 3.05) is 13.7 Å². The van der Waals surface area contributed by atoms with Crippen molar-refractivity contribution in [1.82, 2.24) is 9.88 Å². The molecule has 2 heterocycles. The predicted molar refractivity (Wildman–Crippen MR) is 129 cm³/mol. The topological polar surface area (TPSA) is 42.4 Å². The van der Waals surface area contributed by atoms with Gasteiger partial charge >= 0.3 is 0 Å². The molecular formula is C28H32N2O2. The van der Waals surface area contributed by atoms with E-state index in [4.69, 9.17) is 9.72 Å². The number of aromatic nitrogens is 1. The first-order chi connectivity index (χ1) is 15.2. The first-order valence-corrected chi connectivity index (χ1v) is 11.5. The third kappa shape index (κ3) is 3.66. The molecule has 1 aliphatic heterocycles. The van der Waals surface area contributed by atoms with Crippen molar-refractivity contribution in [1.29, 1.82) is 0 Å². The fourth-order valence-corrected chi connectivity index (χ4v) is 6.30. The molecule has 2 atom stereocenters.